The minimum atomic E-state index is -3.51. The summed E-state index contributed by atoms with van der Waals surface area (Å²) < 4.78 is 59.1. The molecule has 7 aromatic rings. The number of anilines is 1. The molecule has 11 rings (SSSR count). The van der Waals surface area contributed by atoms with Crippen LogP contribution in [0.15, 0.2) is 81.1 Å². The van der Waals surface area contributed by atoms with Gasteiger partial charge in [0.25, 0.3) is 5.91 Å². The number of aryl methyl sites for hydroxylation is 2. The predicted molar refractivity (Wildman–Crippen MR) is 235 cm³/mol. The fourth-order valence-electron chi connectivity index (χ4n) is 10.5. The van der Waals surface area contributed by atoms with E-state index in [0.29, 0.717) is 101 Å². The van der Waals surface area contributed by atoms with Crippen LogP contribution in [0.1, 0.15) is 94.9 Å². The first kappa shape index (κ1) is 40.3. The Bertz CT molecular complexity index is 3310. The van der Waals surface area contributed by atoms with E-state index in [9.17, 15) is 18.0 Å². The molecule has 3 unspecified atom stereocenters. The quantitative estimate of drug-likeness (QED) is 0.204. The number of imidazole rings is 1. The lowest BCUT2D eigenvalue weighted by atomic mass is 9.91. The maximum atomic E-state index is 15.5. The number of nitrogens with one attached hydrogen (secondary N) is 1. The highest BCUT2D eigenvalue weighted by Gasteiger charge is 2.59. The van der Waals surface area contributed by atoms with E-state index in [1.165, 1.54) is 26.1 Å². The molecule has 3 aliphatic heterocycles. The minimum absolute atomic E-state index is 0.00954. The lowest BCUT2D eigenvalue weighted by molar-refractivity contribution is 0.0663. The van der Waals surface area contributed by atoms with Crippen molar-refractivity contribution < 1.29 is 26.9 Å². The predicted octanol–water partition coefficient (Wildman–Crippen LogP) is 5.92. The zero-order valence-corrected chi connectivity index (χ0v) is 36.8. The summed E-state index contributed by atoms with van der Waals surface area (Å²) in [6.07, 6.45) is 6.04. The number of benzene rings is 3. The summed E-state index contributed by atoms with van der Waals surface area (Å²) in [4.78, 5) is 47.1. The molecule has 1 amide bonds. The largest absolute Gasteiger partial charge is 0.438 e. The van der Waals surface area contributed by atoms with Crippen LogP contribution >= 0.6 is 0 Å². The summed E-state index contributed by atoms with van der Waals surface area (Å²) >= 11 is 0. The Labute approximate surface area is 366 Å². The molecule has 1 aliphatic carbocycles. The molecule has 16 nitrogen and oxygen atoms in total. The molecule has 330 valence electrons. The van der Waals surface area contributed by atoms with Crippen molar-refractivity contribution in [3.8, 4) is 17.2 Å². The van der Waals surface area contributed by atoms with Gasteiger partial charge in [0.2, 0.25) is 10.0 Å². The van der Waals surface area contributed by atoms with Gasteiger partial charge in [0.1, 0.15) is 22.9 Å². The van der Waals surface area contributed by atoms with Gasteiger partial charge in [-0.1, -0.05) is 18.1 Å². The number of fused-ring (bicyclic) bond motifs is 3. The molecule has 0 bridgehead atoms. The molecular formula is C46H46FN9O7S. The average Bonchev–Trinajstić information content (AvgIpc) is 3.85. The summed E-state index contributed by atoms with van der Waals surface area (Å²) in [5.41, 5.74) is 5.46. The summed E-state index contributed by atoms with van der Waals surface area (Å²) in [6, 6.07) is 16.2. The molecule has 1 N–H and O–H groups in total. The standard InChI is InChI=1S/C46H46FN9O7S/c1-25-18-34(19-26(2)40(25)47)56-41(54-15-14-53(45(54)59)33-7-9-36-32(21-33)24-64(60,61)51(36)5)39-28(4)52(13-10-35(39)49-56)42(57)38-22-31-20-30(29-11-16-62-17-12-29)6-8-37(31)55(38)46(23-27(46)3)43-48-44(58)63-50-43/h6-9,14-15,18-22,27-29H,10-13,16-17,23-24H2,1-5H3,(H,48,50,58). The molecule has 1 saturated heterocycles. The van der Waals surface area contributed by atoms with Crippen LogP contribution in [-0.2, 0) is 32.5 Å². The number of rotatable bonds is 7. The van der Waals surface area contributed by atoms with Crippen LogP contribution in [0, 0.1) is 25.6 Å². The summed E-state index contributed by atoms with van der Waals surface area (Å²) in [7, 11) is -2.01. The lowest BCUT2D eigenvalue weighted by Crippen LogP contribution is -2.41. The molecule has 1 saturated carbocycles. The third kappa shape index (κ3) is 5.94. The van der Waals surface area contributed by atoms with Crippen LogP contribution < -0.4 is 15.8 Å². The Balaban J connectivity index is 1.05. The highest BCUT2D eigenvalue weighted by Crippen LogP contribution is 2.56. The van der Waals surface area contributed by atoms with Crippen molar-refractivity contribution in [1.29, 1.82) is 0 Å². The van der Waals surface area contributed by atoms with Crippen LogP contribution in [0.25, 0.3) is 28.1 Å². The number of aromatic nitrogens is 7. The van der Waals surface area contributed by atoms with Gasteiger partial charge in [0.15, 0.2) is 5.82 Å². The van der Waals surface area contributed by atoms with Gasteiger partial charge in [0.05, 0.1) is 34.6 Å². The van der Waals surface area contributed by atoms with E-state index in [4.69, 9.17) is 14.4 Å². The van der Waals surface area contributed by atoms with Crippen molar-refractivity contribution in [2.75, 3.05) is 31.1 Å². The van der Waals surface area contributed by atoms with E-state index in [1.807, 2.05) is 17.6 Å². The number of hydrogen-bond donors (Lipinski definition) is 1. The molecule has 4 aromatic heterocycles. The van der Waals surface area contributed by atoms with Gasteiger partial charge in [-0.2, -0.15) is 5.10 Å². The minimum Gasteiger partial charge on any atom is -0.381 e. The molecule has 3 atom stereocenters. The van der Waals surface area contributed by atoms with Crippen LogP contribution in [0.5, 0.6) is 0 Å². The molecule has 7 heterocycles. The second-order valence-corrected chi connectivity index (χ2v) is 19.8. The number of nitrogens with zero attached hydrogens (tertiary/aromatic N) is 8. The van der Waals surface area contributed by atoms with Gasteiger partial charge < -0.3 is 14.2 Å². The number of hydrogen-bond acceptors (Lipinski definition) is 9. The van der Waals surface area contributed by atoms with Crippen LogP contribution in [0.4, 0.5) is 10.1 Å². The smallest absolute Gasteiger partial charge is 0.381 e. The van der Waals surface area contributed by atoms with Crippen LogP contribution in [0.2, 0.25) is 0 Å². The van der Waals surface area contributed by atoms with E-state index >= 15 is 9.18 Å². The topological polar surface area (TPSA) is 175 Å². The third-order valence-electron chi connectivity index (χ3n) is 14.1. The highest BCUT2D eigenvalue weighted by molar-refractivity contribution is 7.92. The highest BCUT2D eigenvalue weighted by atomic mass is 32.2. The van der Waals surface area contributed by atoms with Crippen LogP contribution in [0.3, 0.4) is 0 Å². The molecule has 4 aliphatic rings. The molecular weight excluding hydrogens is 842 g/mol. The fourth-order valence-corrected chi connectivity index (χ4v) is 11.8. The average molecular weight is 888 g/mol. The molecule has 0 radical (unpaired) electrons. The summed E-state index contributed by atoms with van der Waals surface area (Å²) in [6.45, 7) is 9.04. The van der Waals surface area contributed by atoms with Crippen molar-refractivity contribution in [2.45, 2.75) is 76.6 Å². The number of halogens is 1. The maximum Gasteiger partial charge on any atom is 0.438 e. The van der Waals surface area contributed by atoms with Gasteiger partial charge >= 0.3 is 11.4 Å². The number of amides is 1. The zero-order valence-electron chi connectivity index (χ0n) is 36.0. The fraction of sp³-hybridized carbons (Fsp3) is 0.370. The second kappa shape index (κ2) is 14.2. The summed E-state index contributed by atoms with van der Waals surface area (Å²) in [5, 5.41) is 10.1. The third-order valence-corrected chi connectivity index (χ3v) is 15.8. The molecule has 3 aromatic carbocycles. The number of carbonyl (C=O) groups excluding carboxylic acids is 1. The number of ether oxygens (including phenoxy) is 1. The van der Waals surface area contributed by atoms with E-state index in [1.54, 1.807) is 66.2 Å². The first-order valence-electron chi connectivity index (χ1n) is 21.6. The Kier molecular flexibility index (Phi) is 8.96. The number of aromatic amines is 1. The summed E-state index contributed by atoms with van der Waals surface area (Å²) in [5.74, 6) is -0.359. The lowest BCUT2D eigenvalue weighted by Gasteiger charge is -2.34. The zero-order chi connectivity index (χ0) is 44.6. The first-order valence-corrected chi connectivity index (χ1v) is 23.2. The Morgan fingerprint density at radius 3 is 2.39 bits per heavy atom. The molecule has 64 heavy (non-hydrogen) atoms. The van der Waals surface area contributed by atoms with Crippen molar-refractivity contribution >= 4 is 32.5 Å². The van der Waals surface area contributed by atoms with Gasteiger partial charge in [0, 0.05) is 62.1 Å². The van der Waals surface area contributed by atoms with Crippen molar-refractivity contribution in [3.05, 3.63) is 139 Å². The van der Waals surface area contributed by atoms with E-state index in [2.05, 4.69) is 35.3 Å². The van der Waals surface area contributed by atoms with E-state index in [-0.39, 0.29) is 23.4 Å². The van der Waals surface area contributed by atoms with Crippen molar-refractivity contribution in [2.24, 2.45) is 5.92 Å². The monoisotopic (exact) mass is 887 g/mol. The molecule has 18 heteroatoms. The van der Waals surface area contributed by atoms with Gasteiger partial charge in [-0.15, -0.1) is 0 Å². The van der Waals surface area contributed by atoms with Gasteiger partial charge in [-0.05, 0) is 123 Å². The van der Waals surface area contributed by atoms with E-state index in [0.717, 1.165) is 23.7 Å². The molecule has 0 spiro atoms. The normalized spacial score (nSPS) is 21.7. The first-order chi connectivity index (χ1) is 30.7. The van der Waals surface area contributed by atoms with Crippen LogP contribution in [-0.4, -0.2) is 79.7 Å². The van der Waals surface area contributed by atoms with E-state index < -0.39 is 33.0 Å². The Hall–Kier alpha value is -6.53. The SMILES string of the molecule is Cc1cc(-n2nc3c(c2-n2ccn(-c4ccc5c(c4)CS(=O)(=O)N5C)c2=O)C(C)N(C(=O)c2cc4cc(C5CCOCC5)ccc4n2C2(c4noc(=O)[nH]4)CC2C)CC3)cc(C)c1F. The Morgan fingerprint density at radius 1 is 0.953 bits per heavy atom. The molecule has 2 fully saturated rings. The van der Waals surface area contributed by atoms with Gasteiger partial charge in [-0.25, -0.2) is 27.1 Å². The second-order valence-electron chi connectivity index (χ2n) is 17.8. The number of carbonyl (C=O) groups is 1. The number of sulfonamides is 1. The maximum absolute atomic E-state index is 15.5. The van der Waals surface area contributed by atoms with Crippen molar-refractivity contribution in [3.63, 3.8) is 0 Å². The van der Waals surface area contributed by atoms with Gasteiger partial charge in [-0.3, -0.25) is 27.7 Å². The Morgan fingerprint density at radius 2 is 1.69 bits per heavy atom. The number of H-pyrrole nitrogens is 1. The van der Waals surface area contributed by atoms with Crippen molar-refractivity contribution in [1.82, 2.24) is 38.5 Å².